The number of aliphatic hydroxyl groups is 1. The highest BCUT2D eigenvalue weighted by Crippen LogP contribution is 2.63. The Morgan fingerprint density at radius 3 is 2.53 bits per heavy atom. The van der Waals surface area contributed by atoms with Gasteiger partial charge in [0.1, 0.15) is 0 Å². The first-order valence-electron chi connectivity index (χ1n) is 5.86. The minimum atomic E-state index is -0.250. The van der Waals surface area contributed by atoms with E-state index in [4.69, 9.17) is 0 Å². The normalized spacial score (nSPS) is 36.5. The first-order valence-corrected chi connectivity index (χ1v) is 5.86. The molecule has 3 aliphatic carbocycles. The summed E-state index contributed by atoms with van der Waals surface area (Å²) in [6.45, 7) is 6.57. The van der Waals surface area contributed by atoms with E-state index in [0.717, 1.165) is 5.57 Å². The molecule has 0 aromatic carbocycles. The lowest BCUT2D eigenvalue weighted by atomic mass is 9.70. The highest BCUT2D eigenvalue weighted by Gasteiger charge is 2.55. The minimum Gasteiger partial charge on any atom is -0.388 e. The van der Waals surface area contributed by atoms with Gasteiger partial charge in [-0.05, 0) is 49.2 Å². The number of hydrogen-bond acceptors (Lipinski definition) is 1. The molecule has 0 amide bonds. The van der Waals surface area contributed by atoms with E-state index in [0.29, 0.717) is 11.3 Å². The van der Waals surface area contributed by atoms with E-state index < -0.39 is 0 Å². The second-order valence-electron chi connectivity index (χ2n) is 5.42. The van der Waals surface area contributed by atoms with Crippen LogP contribution in [0.5, 0.6) is 0 Å². The van der Waals surface area contributed by atoms with Gasteiger partial charge < -0.3 is 5.11 Å². The van der Waals surface area contributed by atoms with Crippen LogP contribution in [0.2, 0.25) is 0 Å². The zero-order valence-corrected chi connectivity index (χ0v) is 9.67. The average molecular weight is 202 g/mol. The summed E-state index contributed by atoms with van der Waals surface area (Å²) in [7, 11) is 0. The molecule has 3 aliphatic rings. The molecule has 0 heterocycles. The molecular formula is C14H18O. The zero-order valence-electron chi connectivity index (χ0n) is 9.67. The van der Waals surface area contributed by atoms with Crippen molar-refractivity contribution < 1.29 is 5.11 Å². The Morgan fingerprint density at radius 1 is 1.27 bits per heavy atom. The van der Waals surface area contributed by atoms with Gasteiger partial charge >= 0.3 is 0 Å². The molecule has 1 spiro atoms. The van der Waals surface area contributed by atoms with Crippen LogP contribution < -0.4 is 0 Å². The number of fused-ring (bicyclic) bond motifs is 1. The fourth-order valence-electron chi connectivity index (χ4n) is 3.39. The molecule has 15 heavy (non-hydrogen) atoms. The van der Waals surface area contributed by atoms with Gasteiger partial charge in [0.2, 0.25) is 0 Å². The van der Waals surface area contributed by atoms with Gasteiger partial charge in [0.15, 0.2) is 0 Å². The molecule has 0 aliphatic heterocycles. The van der Waals surface area contributed by atoms with Crippen molar-refractivity contribution in [3.05, 3.63) is 34.4 Å². The van der Waals surface area contributed by atoms with Crippen molar-refractivity contribution in [3.63, 3.8) is 0 Å². The largest absolute Gasteiger partial charge is 0.388 e. The molecule has 1 heteroatoms. The standard InChI is InChI=1S/C14H18O/c1-8-6-11-9(2)14(4-5-14)10(3)13(15)12(11)7-8/h6-7,10,13,15H,4-5H2,1-3H3/t10-,13?/m1/s1. The van der Waals surface area contributed by atoms with Gasteiger partial charge in [0.05, 0.1) is 6.10 Å². The summed E-state index contributed by atoms with van der Waals surface area (Å²) in [4.78, 5) is 0. The summed E-state index contributed by atoms with van der Waals surface area (Å²) < 4.78 is 0. The summed E-state index contributed by atoms with van der Waals surface area (Å²) in [5.41, 5.74) is 5.63. The summed E-state index contributed by atoms with van der Waals surface area (Å²) in [6.07, 6.45) is 6.66. The number of aliphatic hydroxyl groups excluding tert-OH is 1. The maximum absolute atomic E-state index is 10.3. The Labute approximate surface area is 91.2 Å². The van der Waals surface area contributed by atoms with Gasteiger partial charge in [-0.1, -0.05) is 30.2 Å². The molecule has 1 N–H and O–H groups in total. The van der Waals surface area contributed by atoms with Gasteiger partial charge in [-0.25, -0.2) is 0 Å². The molecule has 1 unspecified atom stereocenters. The molecule has 1 fully saturated rings. The molecule has 0 radical (unpaired) electrons. The molecule has 0 saturated heterocycles. The Morgan fingerprint density at radius 2 is 1.93 bits per heavy atom. The molecule has 1 nitrogen and oxygen atoms in total. The predicted molar refractivity (Wildman–Crippen MR) is 61.4 cm³/mol. The molecule has 80 valence electrons. The lowest BCUT2D eigenvalue weighted by Gasteiger charge is -2.36. The predicted octanol–water partition coefficient (Wildman–Crippen LogP) is 2.98. The lowest BCUT2D eigenvalue weighted by Crippen LogP contribution is -2.34. The van der Waals surface area contributed by atoms with Crippen LogP contribution in [-0.2, 0) is 0 Å². The van der Waals surface area contributed by atoms with Crippen LogP contribution in [0.15, 0.2) is 34.4 Å². The van der Waals surface area contributed by atoms with Crippen LogP contribution in [0.4, 0.5) is 0 Å². The number of rotatable bonds is 0. The zero-order chi connectivity index (χ0) is 10.8. The Kier molecular flexibility index (Phi) is 1.66. The van der Waals surface area contributed by atoms with Crippen molar-refractivity contribution in [3.8, 4) is 0 Å². The van der Waals surface area contributed by atoms with Crippen molar-refractivity contribution in [2.45, 2.75) is 39.7 Å². The lowest BCUT2D eigenvalue weighted by molar-refractivity contribution is 0.110. The second-order valence-corrected chi connectivity index (χ2v) is 5.42. The Hall–Kier alpha value is -0.820. The van der Waals surface area contributed by atoms with Crippen LogP contribution in [0.25, 0.3) is 0 Å². The summed E-state index contributed by atoms with van der Waals surface area (Å²) in [5, 5.41) is 10.3. The fourth-order valence-corrected chi connectivity index (χ4v) is 3.39. The van der Waals surface area contributed by atoms with Crippen LogP contribution in [-0.4, -0.2) is 11.2 Å². The highest BCUT2D eigenvalue weighted by molar-refractivity contribution is 5.60. The molecule has 0 bridgehead atoms. The van der Waals surface area contributed by atoms with Crippen molar-refractivity contribution in [1.82, 2.24) is 0 Å². The van der Waals surface area contributed by atoms with E-state index >= 15 is 0 Å². The quantitative estimate of drug-likeness (QED) is 0.640. The smallest absolute Gasteiger partial charge is 0.0829 e. The third kappa shape index (κ3) is 1.02. The van der Waals surface area contributed by atoms with Crippen LogP contribution >= 0.6 is 0 Å². The van der Waals surface area contributed by atoms with E-state index in [-0.39, 0.29) is 6.10 Å². The molecule has 0 aromatic heterocycles. The number of allylic oxidation sites excluding steroid dienone is 4. The molecule has 2 atom stereocenters. The molecule has 3 rings (SSSR count). The van der Waals surface area contributed by atoms with Crippen LogP contribution in [0.1, 0.15) is 33.6 Å². The summed E-state index contributed by atoms with van der Waals surface area (Å²) in [6, 6.07) is 0. The summed E-state index contributed by atoms with van der Waals surface area (Å²) >= 11 is 0. The van der Waals surface area contributed by atoms with Gasteiger partial charge in [0, 0.05) is 0 Å². The van der Waals surface area contributed by atoms with Crippen LogP contribution in [0, 0.1) is 11.3 Å². The number of hydrogen-bond donors (Lipinski definition) is 1. The first kappa shape index (κ1) is 9.41. The highest BCUT2D eigenvalue weighted by atomic mass is 16.3. The maximum Gasteiger partial charge on any atom is 0.0829 e. The van der Waals surface area contributed by atoms with Crippen molar-refractivity contribution in [1.29, 1.82) is 0 Å². The van der Waals surface area contributed by atoms with Crippen LogP contribution in [0.3, 0.4) is 0 Å². The average Bonchev–Trinajstić information content (AvgIpc) is 2.92. The Bertz CT molecular complexity index is 419. The van der Waals surface area contributed by atoms with Gasteiger partial charge in [-0.3, -0.25) is 0 Å². The van der Waals surface area contributed by atoms with Gasteiger partial charge in [0.25, 0.3) is 0 Å². The minimum absolute atomic E-state index is 0.250. The second kappa shape index (κ2) is 2.65. The fraction of sp³-hybridized carbons (Fsp3) is 0.571. The Balaban J connectivity index is 2.19. The molecular weight excluding hydrogens is 184 g/mol. The molecule has 0 aromatic rings. The van der Waals surface area contributed by atoms with E-state index in [1.54, 1.807) is 0 Å². The van der Waals surface area contributed by atoms with E-state index in [2.05, 4.69) is 32.9 Å². The van der Waals surface area contributed by atoms with Crippen molar-refractivity contribution in [2.75, 3.05) is 0 Å². The first-order chi connectivity index (χ1) is 7.06. The molecule has 1 saturated carbocycles. The topological polar surface area (TPSA) is 20.2 Å². The van der Waals surface area contributed by atoms with Crippen molar-refractivity contribution in [2.24, 2.45) is 11.3 Å². The van der Waals surface area contributed by atoms with Crippen molar-refractivity contribution >= 4 is 0 Å². The van der Waals surface area contributed by atoms with E-state index in [1.165, 1.54) is 29.6 Å². The van der Waals surface area contributed by atoms with E-state index in [9.17, 15) is 5.11 Å². The van der Waals surface area contributed by atoms with E-state index in [1.807, 2.05) is 0 Å². The summed E-state index contributed by atoms with van der Waals surface area (Å²) in [5.74, 6) is 0.395. The van der Waals surface area contributed by atoms with Gasteiger partial charge in [-0.2, -0.15) is 0 Å². The third-order valence-corrected chi connectivity index (χ3v) is 4.67. The van der Waals surface area contributed by atoms with Gasteiger partial charge in [-0.15, -0.1) is 0 Å². The third-order valence-electron chi connectivity index (χ3n) is 4.67. The monoisotopic (exact) mass is 202 g/mol. The maximum atomic E-state index is 10.3. The SMILES string of the molecule is CC1=CC2=C(C)C3(CC3)[C@H](C)C(O)C2=C1.